The van der Waals surface area contributed by atoms with E-state index >= 15 is 0 Å². The van der Waals surface area contributed by atoms with Gasteiger partial charge in [0.05, 0.1) is 13.2 Å². The second-order valence-electron chi connectivity index (χ2n) is 7.28. The molecule has 1 aromatic carbocycles. The lowest BCUT2D eigenvalue weighted by Crippen LogP contribution is -2.47. The summed E-state index contributed by atoms with van der Waals surface area (Å²) >= 11 is 0. The van der Waals surface area contributed by atoms with Gasteiger partial charge in [0, 0.05) is 18.6 Å². The van der Waals surface area contributed by atoms with Crippen molar-refractivity contribution in [2.45, 2.75) is 64.5 Å². The fraction of sp³-hybridized carbons (Fsp3) is 0.667. The summed E-state index contributed by atoms with van der Waals surface area (Å²) in [7, 11) is 0. The quantitative estimate of drug-likeness (QED) is 0.781. The number of rotatable bonds is 6. The van der Waals surface area contributed by atoms with Crippen molar-refractivity contribution in [2.75, 3.05) is 26.2 Å². The first-order chi connectivity index (χ1) is 12.2. The Bertz CT molecular complexity index is 558. The van der Waals surface area contributed by atoms with Gasteiger partial charge in [0.15, 0.2) is 0 Å². The van der Waals surface area contributed by atoms with Crippen molar-refractivity contribution in [2.24, 2.45) is 0 Å². The molecule has 0 radical (unpaired) electrons. The molecule has 2 heterocycles. The molecule has 1 aromatic rings. The summed E-state index contributed by atoms with van der Waals surface area (Å²) < 4.78 is 5.54. The lowest BCUT2D eigenvalue weighted by molar-refractivity contribution is -0.136. The second kappa shape index (κ2) is 8.70. The van der Waals surface area contributed by atoms with Gasteiger partial charge in [-0.25, -0.2) is 0 Å². The fourth-order valence-electron chi connectivity index (χ4n) is 4.36. The van der Waals surface area contributed by atoms with Gasteiger partial charge in [-0.05, 0) is 69.7 Å². The van der Waals surface area contributed by atoms with Crippen LogP contribution in [0.5, 0.6) is 5.75 Å². The van der Waals surface area contributed by atoms with Crippen LogP contribution in [0, 0.1) is 0 Å². The van der Waals surface area contributed by atoms with Gasteiger partial charge in [0.2, 0.25) is 5.91 Å². The second-order valence-corrected chi connectivity index (χ2v) is 7.28. The van der Waals surface area contributed by atoms with Crippen LogP contribution < -0.4 is 4.74 Å². The van der Waals surface area contributed by atoms with Gasteiger partial charge in [0.25, 0.3) is 0 Å². The molecule has 4 nitrogen and oxygen atoms in total. The highest BCUT2D eigenvalue weighted by atomic mass is 16.5. The van der Waals surface area contributed by atoms with E-state index < -0.39 is 0 Å². The summed E-state index contributed by atoms with van der Waals surface area (Å²) in [6.07, 6.45) is 6.98. The predicted molar refractivity (Wildman–Crippen MR) is 101 cm³/mol. The van der Waals surface area contributed by atoms with Crippen molar-refractivity contribution in [3.8, 4) is 5.75 Å². The SMILES string of the molecule is CCOc1ccc(C2CCCN2CC(=O)N2CCCCC2CC)cc1. The highest BCUT2D eigenvalue weighted by molar-refractivity contribution is 5.78. The zero-order chi connectivity index (χ0) is 17.6. The largest absolute Gasteiger partial charge is 0.494 e. The molecular weight excluding hydrogens is 312 g/mol. The van der Waals surface area contributed by atoms with E-state index in [0.29, 0.717) is 31.1 Å². The summed E-state index contributed by atoms with van der Waals surface area (Å²) in [5.41, 5.74) is 1.31. The standard InChI is InChI=1S/C21H32N2O2/c1-3-18-8-5-6-15-23(18)21(24)16-22-14-7-9-20(22)17-10-12-19(13-11-17)25-4-2/h10-13,18,20H,3-9,14-16H2,1-2H3. The summed E-state index contributed by atoms with van der Waals surface area (Å²) in [5, 5.41) is 0. The van der Waals surface area contributed by atoms with Gasteiger partial charge in [-0.2, -0.15) is 0 Å². The number of amides is 1. The van der Waals surface area contributed by atoms with Crippen molar-refractivity contribution in [1.82, 2.24) is 9.80 Å². The molecule has 2 aliphatic rings. The maximum Gasteiger partial charge on any atom is 0.237 e. The normalized spacial score (nSPS) is 24.5. The van der Waals surface area contributed by atoms with Crippen LogP contribution in [0.2, 0.25) is 0 Å². The third kappa shape index (κ3) is 4.35. The van der Waals surface area contributed by atoms with Crippen molar-refractivity contribution in [3.05, 3.63) is 29.8 Å². The third-order valence-electron chi connectivity index (χ3n) is 5.70. The molecule has 0 spiro atoms. The molecule has 3 rings (SSSR count). The first-order valence-corrected chi connectivity index (χ1v) is 9.99. The van der Waals surface area contributed by atoms with Crippen molar-refractivity contribution in [3.63, 3.8) is 0 Å². The van der Waals surface area contributed by atoms with Gasteiger partial charge >= 0.3 is 0 Å². The molecule has 138 valence electrons. The van der Waals surface area contributed by atoms with Crippen LogP contribution in [0.1, 0.15) is 64.0 Å². The molecule has 0 saturated carbocycles. The van der Waals surface area contributed by atoms with Gasteiger partial charge in [-0.1, -0.05) is 19.1 Å². The summed E-state index contributed by atoms with van der Waals surface area (Å²) in [6.45, 7) is 7.43. The number of benzene rings is 1. The Morgan fingerprint density at radius 3 is 2.60 bits per heavy atom. The fourth-order valence-corrected chi connectivity index (χ4v) is 4.36. The maximum atomic E-state index is 12.9. The minimum Gasteiger partial charge on any atom is -0.494 e. The number of ether oxygens (including phenoxy) is 1. The first kappa shape index (κ1) is 18.2. The average Bonchev–Trinajstić information content (AvgIpc) is 3.10. The lowest BCUT2D eigenvalue weighted by atomic mass is 10.00. The van der Waals surface area contributed by atoms with Crippen molar-refractivity contribution >= 4 is 5.91 Å². The molecule has 0 aliphatic carbocycles. The number of piperidine rings is 1. The van der Waals surface area contributed by atoms with E-state index in [0.717, 1.165) is 38.1 Å². The monoisotopic (exact) mass is 344 g/mol. The molecule has 2 saturated heterocycles. The van der Waals surface area contributed by atoms with E-state index in [1.54, 1.807) is 0 Å². The van der Waals surface area contributed by atoms with Crippen molar-refractivity contribution < 1.29 is 9.53 Å². The molecule has 1 amide bonds. The van der Waals surface area contributed by atoms with Crippen LogP contribution in [0.25, 0.3) is 0 Å². The lowest BCUT2D eigenvalue weighted by Gasteiger charge is -2.37. The average molecular weight is 344 g/mol. The van der Waals surface area contributed by atoms with Gasteiger partial charge in [0.1, 0.15) is 5.75 Å². The van der Waals surface area contributed by atoms with Crippen LogP contribution >= 0.6 is 0 Å². The zero-order valence-corrected chi connectivity index (χ0v) is 15.7. The molecule has 25 heavy (non-hydrogen) atoms. The first-order valence-electron chi connectivity index (χ1n) is 9.99. The number of carbonyl (C=O) groups is 1. The molecule has 0 aromatic heterocycles. The molecule has 2 unspecified atom stereocenters. The summed E-state index contributed by atoms with van der Waals surface area (Å²) in [6, 6.07) is 9.24. The van der Waals surface area contributed by atoms with E-state index in [2.05, 4.69) is 41.0 Å². The van der Waals surface area contributed by atoms with Gasteiger partial charge in [-0.15, -0.1) is 0 Å². The molecule has 2 atom stereocenters. The summed E-state index contributed by atoms with van der Waals surface area (Å²) in [4.78, 5) is 17.4. The van der Waals surface area contributed by atoms with Crippen LogP contribution in [-0.2, 0) is 4.79 Å². The molecule has 2 aliphatic heterocycles. The van der Waals surface area contributed by atoms with Gasteiger partial charge < -0.3 is 9.64 Å². The maximum absolute atomic E-state index is 12.9. The smallest absolute Gasteiger partial charge is 0.237 e. The number of hydrogen-bond acceptors (Lipinski definition) is 3. The predicted octanol–water partition coefficient (Wildman–Crippen LogP) is 4.01. The van der Waals surface area contributed by atoms with Gasteiger partial charge in [-0.3, -0.25) is 9.69 Å². The van der Waals surface area contributed by atoms with Crippen molar-refractivity contribution in [1.29, 1.82) is 0 Å². The Kier molecular flexibility index (Phi) is 6.35. The van der Waals surface area contributed by atoms with E-state index in [1.807, 2.05) is 6.92 Å². The number of nitrogens with zero attached hydrogens (tertiary/aromatic N) is 2. The Morgan fingerprint density at radius 2 is 1.88 bits per heavy atom. The topological polar surface area (TPSA) is 32.8 Å². The number of hydrogen-bond donors (Lipinski definition) is 0. The van der Waals surface area contributed by atoms with E-state index in [9.17, 15) is 4.79 Å². The summed E-state index contributed by atoms with van der Waals surface area (Å²) in [5.74, 6) is 1.25. The third-order valence-corrected chi connectivity index (χ3v) is 5.70. The highest BCUT2D eigenvalue weighted by Gasteiger charge is 2.31. The molecule has 2 fully saturated rings. The minimum atomic E-state index is 0.324. The van der Waals surface area contributed by atoms with Crippen LogP contribution in [0.3, 0.4) is 0 Å². The number of likely N-dealkylation sites (tertiary alicyclic amines) is 2. The molecule has 0 N–H and O–H groups in total. The minimum absolute atomic E-state index is 0.324. The Morgan fingerprint density at radius 1 is 1.08 bits per heavy atom. The Balaban J connectivity index is 1.64. The zero-order valence-electron chi connectivity index (χ0n) is 15.7. The van der Waals surface area contributed by atoms with Crippen LogP contribution in [0.15, 0.2) is 24.3 Å². The molecule has 0 bridgehead atoms. The highest BCUT2D eigenvalue weighted by Crippen LogP contribution is 2.33. The Hall–Kier alpha value is -1.55. The van der Waals surface area contributed by atoms with E-state index in [4.69, 9.17) is 4.74 Å². The van der Waals surface area contributed by atoms with Crippen LogP contribution in [-0.4, -0.2) is 48.0 Å². The van der Waals surface area contributed by atoms with Crippen LogP contribution in [0.4, 0.5) is 0 Å². The van der Waals surface area contributed by atoms with E-state index in [-0.39, 0.29) is 0 Å². The molecular formula is C21H32N2O2. The molecule has 4 heteroatoms. The number of carbonyl (C=O) groups excluding carboxylic acids is 1. The Labute approximate surface area is 152 Å². The van der Waals surface area contributed by atoms with E-state index in [1.165, 1.54) is 24.8 Å².